The van der Waals surface area contributed by atoms with Gasteiger partial charge in [-0.15, -0.1) is 0 Å². The molecule has 0 saturated carbocycles. The number of hydrogen-bond acceptors (Lipinski definition) is 4. The number of rotatable bonds is 10. The topological polar surface area (TPSA) is 78.0 Å². The molecule has 1 aromatic carbocycles. The summed E-state index contributed by atoms with van der Waals surface area (Å²) in [5.74, 6) is -0.426. The number of carbonyl (C=O) groups is 2. The van der Waals surface area contributed by atoms with Crippen LogP contribution in [-0.4, -0.2) is 62.2 Å². The molecule has 0 spiro atoms. The highest BCUT2D eigenvalue weighted by molar-refractivity contribution is 7.89. The van der Waals surface area contributed by atoms with E-state index < -0.39 is 10.0 Å². The number of nitrogens with zero attached hydrogens (tertiary/aromatic N) is 3. The van der Waals surface area contributed by atoms with E-state index in [4.69, 9.17) is 0 Å². The van der Waals surface area contributed by atoms with Crippen LogP contribution in [0.5, 0.6) is 0 Å². The Bertz CT molecular complexity index is 804. The van der Waals surface area contributed by atoms with Crippen molar-refractivity contribution in [3.05, 3.63) is 24.3 Å². The van der Waals surface area contributed by atoms with Crippen LogP contribution in [0.4, 0.5) is 5.69 Å². The standard InChI is InChI=1S/C21H33N3O4S/c1-5-9-14-22(6-2)21(26)17-15-20(25)24(16-17)18-10-12-19(13-11-18)29(27,28)23(7-3)8-4/h10-13,17H,5-9,14-16H2,1-4H3. The van der Waals surface area contributed by atoms with E-state index in [0.29, 0.717) is 38.4 Å². The zero-order valence-electron chi connectivity index (χ0n) is 17.9. The van der Waals surface area contributed by atoms with Gasteiger partial charge in [0.15, 0.2) is 0 Å². The zero-order valence-corrected chi connectivity index (χ0v) is 18.7. The van der Waals surface area contributed by atoms with Crippen LogP contribution in [0.1, 0.15) is 47.0 Å². The smallest absolute Gasteiger partial charge is 0.243 e. The molecule has 2 amide bonds. The molecule has 2 rings (SSSR count). The Morgan fingerprint density at radius 3 is 2.21 bits per heavy atom. The normalized spacial score (nSPS) is 17.2. The van der Waals surface area contributed by atoms with Crippen molar-refractivity contribution in [2.75, 3.05) is 37.6 Å². The average molecular weight is 424 g/mol. The minimum atomic E-state index is -3.53. The number of sulfonamides is 1. The van der Waals surface area contributed by atoms with Gasteiger partial charge in [-0.1, -0.05) is 27.2 Å². The van der Waals surface area contributed by atoms with Crippen molar-refractivity contribution >= 4 is 27.5 Å². The van der Waals surface area contributed by atoms with E-state index in [0.717, 1.165) is 12.8 Å². The van der Waals surface area contributed by atoms with Crippen LogP contribution >= 0.6 is 0 Å². The van der Waals surface area contributed by atoms with E-state index in [9.17, 15) is 18.0 Å². The minimum absolute atomic E-state index is 0.0255. The maximum absolute atomic E-state index is 12.8. The summed E-state index contributed by atoms with van der Waals surface area (Å²) in [6, 6.07) is 6.36. The molecule has 1 atom stereocenters. The van der Waals surface area contributed by atoms with Crippen LogP contribution in [0, 0.1) is 5.92 Å². The quantitative estimate of drug-likeness (QED) is 0.580. The van der Waals surface area contributed by atoms with E-state index in [2.05, 4.69) is 6.92 Å². The molecule has 1 unspecified atom stereocenters. The highest BCUT2D eigenvalue weighted by Crippen LogP contribution is 2.28. The van der Waals surface area contributed by atoms with Crippen LogP contribution in [0.15, 0.2) is 29.2 Å². The highest BCUT2D eigenvalue weighted by Gasteiger charge is 2.37. The lowest BCUT2D eigenvalue weighted by atomic mass is 10.1. The second kappa shape index (κ2) is 10.2. The highest BCUT2D eigenvalue weighted by atomic mass is 32.2. The van der Waals surface area contributed by atoms with Gasteiger partial charge in [-0.25, -0.2) is 8.42 Å². The Hall–Kier alpha value is -1.93. The maximum Gasteiger partial charge on any atom is 0.243 e. The second-order valence-electron chi connectivity index (χ2n) is 7.26. The van der Waals surface area contributed by atoms with E-state index in [-0.39, 0.29) is 29.0 Å². The lowest BCUT2D eigenvalue weighted by Crippen LogP contribution is -2.38. The summed E-state index contributed by atoms with van der Waals surface area (Å²) in [4.78, 5) is 28.9. The summed E-state index contributed by atoms with van der Waals surface area (Å²) in [7, 11) is -3.53. The van der Waals surface area contributed by atoms with E-state index in [1.165, 1.54) is 16.4 Å². The third kappa shape index (κ3) is 5.17. The third-order valence-corrected chi connectivity index (χ3v) is 7.50. The van der Waals surface area contributed by atoms with Gasteiger partial charge in [0, 0.05) is 44.8 Å². The molecule has 1 aromatic rings. The van der Waals surface area contributed by atoms with Gasteiger partial charge in [0.05, 0.1) is 10.8 Å². The van der Waals surface area contributed by atoms with Crippen molar-refractivity contribution in [1.29, 1.82) is 0 Å². The van der Waals surface area contributed by atoms with E-state index in [1.54, 1.807) is 30.9 Å². The van der Waals surface area contributed by atoms with E-state index >= 15 is 0 Å². The van der Waals surface area contributed by atoms with Crippen molar-refractivity contribution in [2.45, 2.75) is 51.9 Å². The summed E-state index contributed by atoms with van der Waals surface area (Å²) in [5.41, 5.74) is 0.625. The molecule has 162 valence electrons. The monoisotopic (exact) mass is 423 g/mol. The molecule has 7 nitrogen and oxygen atoms in total. The predicted molar refractivity (Wildman–Crippen MR) is 114 cm³/mol. The first-order chi connectivity index (χ1) is 13.8. The largest absolute Gasteiger partial charge is 0.343 e. The molecule has 0 bridgehead atoms. The lowest BCUT2D eigenvalue weighted by molar-refractivity contribution is -0.135. The van der Waals surface area contributed by atoms with Crippen LogP contribution < -0.4 is 4.90 Å². The van der Waals surface area contributed by atoms with Gasteiger partial charge in [0.1, 0.15) is 0 Å². The molecule has 0 aliphatic carbocycles. The zero-order chi connectivity index (χ0) is 21.6. The predicted octanol–water partition coefficient (Wildman–Crippen LogP) is 2.72. The first kappa shape index (κ1) is 23.3. The molecule has 29 heavy (non-hydrogen) atoms. The van der Waals surface area contributed by atoms with Gasteiger partial charge in [-0.3, -0.25) is 9.59 Å². The summed E-state index contributed by atoms with van der Waals surface area (Å²) in [5, 5.41) is 0. The Balaban J connectivity index is 2.13. The molecule has 0 N–H and O–H groups in total. The van der Waals surface area contributed by atoms with Crippen LogP contribution in [0.25, 0.3) is 0 Å². The van der Waals surface area contributed by atoms with Gasteiger partial charge >= 0.3 is 0 Å². The molecule has 1 fully saturated rings. The lowest BCUT2D eigenvalue weighted by Gasteiger charge is -2.24. The molecule has 8 heteroatoms. The number of benzene rings is 1. The molecule has 0 aromatic heterocycles. The first-order valence-electron chi connectivity index (χ1n) is 10.5. The van der Waals surface area contributed by atoms with Crippen molar-refractivity contribution in [2.24, 2.45) is 5.92 Å². The van der Waals surface area contributed by atoms with Crippen LogP contribution in [-0.2, 0) is 19.6 Å². The molecule has 1 aliphatic rings. The Kier molecular flexibility index (Phi) is 8.22. The number of amides is 2. The van der Waals surface area contributed by atoms with Crippen molar-refractivity contribution in [3.8, 4) is 0 Å². The van der Waals surface area contributed by atoms with Gasteiger partial charge < -0.3 is 9.80 Å². The number of anilines is 1. The Labute approximate surface area is 174 Å². The van der Waals surface area contributed by atoms with Crippen molar-refractivity contribution < 1.29 is 18.0 Å². The van der Waals surface area contributed by atoms with Crippen molar-refractivity contribution in [3.63, 3.8) is 0 Å². The summed E-state index contributed by atoms with van der Waals surface area (Å²) in [6.07, 6.45) is 2.16. The number of carbonyl (C=O) groups excluding carboxylic acids is 2. The van der Waals surface area contributed by atoms with Crippen LogP contribution in [0.2, 0.25) is 0 Å². The third-order valence-electron chi connectivity index (χ3n) is 5.44. The molecular formula is C21H33N3O4S. The number of unbranched alkanes of at least 4 members (excludes halogenated alkanes) is 1. The minimum Gasteiger partial charge on any atom is -0.343 e. The fourth-order valence-corrected chi connectivity index (χ4v) is 5.12. The SMILES string of the molecule is CCCCN(CC)C(=O)C1CC(=O)N(c2ccc(S(=O)(=O)N(CC)CC)cc2)C1. The fraction of sp³-hybridized carbons (Fsp3) is 0.619. The molecule has 1 saturated heterocycles. The molecule has 0 radical (unpaired) electrons. The molecule has 1 aliphatic heterocycles. The summed E-state index contributed by atoms with van der Waals surface area (Å²) < 4.78 is 26.6. The average Bonchev–Trinajstić information content (AvgIpc) is 3.11. The van der Waals surface area contributed by atoms with Crippen LogP contribution in [0.3, 0.4) is 0 Å². The number of hydrogen-bond donors (Lipinski definition) is 0. The van der Waals surface area contributed by atoms with Gasteiger partial charge in [-0.05, 0) is 37.6 Å². The Morgan fingerprint density at radius 2 is 1.69 bits per heavy atom. The van der Waals surface area contributed by atoms with E-state index in [1.807, 2.05) is 11.8 Å². The fourth-order valence-electron chi connectivity index (χ4n) is 3.66. The van der Waals surface area contributed by atoms with Gasteiger partial charge in [0.2, 0.25) is 21.8 Å². The van der Waals surface area contributed by atoms with Gasteiger partial charge in [-0.2, -0.15) is 4.31 Å². The summed E-state index contributed by atoms with van der Waals surface area (Å²) >= 11 is 0. The first-order valence-corrected chi connectivity index (χ1v) is 11.9. The van der Waals surface area contributed by atoms with Gasteiger partial charge in [0.25, 0.3) is 0 Å². The molecule has 1 heterocycles. The van der Waals surface area contributed by atoms with Crippen molar-refractivity contribution in [1.82, 2.24) is 9.21 Å². The second-order valence-corrected chi connectivity index (χ2v) is 9.20. The maximum atomic E-state index is 12.8. The summed E-state index contributed by atoms with van der Waals surface area (Å²) in [6.45, 7) is 10.1. The molecular weight excluding hydrogens is 390 g/mol. The Morgan fingerprint density at radius 1 is 1.07 bits per heavy atom.